The van der Waals surface area contributed by atoms with Crippen molar-refractivity contribution < 1.29 is 0 Å². The zero-order valence-corrected chi connectivity index (χ0v) is 45.7. The summed E-state index contributed by atoms with van der Waals surface area (Å²) in [4.78, 5) is 8.22. The average Bonchev–Trinajstić information content (AvgIpc) is 2.77. The van der Waals surface area contributed by atoms with E-state index in [9.17, 15) is 0 Å². The number of anilines is 8. The quantitative estimate of drug-likeness (QED) is 0.140. The van der Waals surface area contributed by atoms with Crippen LogP contribution in [0.5, 0.6) is 0 Å². The minimum absolute atomic E-state index is 0.0420. The molecule has 0 bridgehead atoms. The Morgan fingerprint density at radius 3 is 1.32 bits per heavy atom. The minimum Gasteiger partial charge on any atom is -0.334 e. The van der Waals surface area contributed by atoms with Crippen molar-refractivity contribution in [3.8, 4) is 33.4 Å². The van der Waals surface area contributed by atoms with E-state index >= 15 is 0 Å². The van der Waals surface area contributed by atoms with Gasteiger partial charge in [-0.25, -0.2) is 0 Å². The number of benzene rings is 11. The predicted octanol–water partition coefficient (Wildman–Crippen LogP) is 14.2. The van der Waals surface area contributed by atoms with Crippen molar-refractivity contribution in [1.29, 1.82) is 0 Å². The van der Waals surface area contributed by atoms with Crippen LogP contribution in [0.2, 0.25) is 0 Å². The topological polar surface area (TPSA) is 9.72 Å². The average molecular weight is 1030 g/mol. The molecule has 11 aromatic carbocycles. The molecule has 1 saturated carbocycles. The minimum atomic E-state index is -3.07. The first-order valence-electron chi connectivity index (χ1n) is 28.4. The molecule has 1 aliphatic carbocycles. The molecule has 2 unspecified atom stereocenters. The summed E-state index contributed by atoms with van der Waals surface area (Å²) in [6.45, 7) is 5.13. The Bertz CT molecular complexity index is 4000. The van der Waals surface area contributed by atoms with Gasteiger partial charge in [-0.1, -0.05) is 238 Å². The van der Waals surface area contributed by atoms with Gasteiger partial charge in [0.1, 0.15) is 0 Å². The van der Waals surface area contributed by atoms with Crippen LogP contribution in [0.25, 0.3) is 33.4 Å². The van der Waals surface area contributed by atoms with Gasteiger partial charge in [0.25, 0.3) is 6.71 Å². The molecule has 16 rings (SSSR count). The molecule has 1 fully saturated rings. The van der Waals surface area contributed by atoms with Crippen LogP contribution >= 0.6 is 0 Å². The Kier molecular flexibility index (Phi) is 10.3. The smallest absolute Gasteiger partial charge is 0.251 e. The third-order valence-corrected chi connectivity index (χ3v) is 24.2. The predicted molar refractivity (Wildman–Crippen MR) is 337 cm³/mol. The summed E-state index contributed by atoms with van der Waals surface area (Å²) in [6.07, 6.45) is 4.64. The van der Waals surface area contributed by atoms with Crippen LogP contribution in [0.1, 0.15) is 45.1 Å². The highest BCUT2D eigenvalue weighted by molar-refractivity contribution is 7.27. The summed E-state index contributed by atoms with van der Waals surface area (Å²) >= 11 is 0. The first-order chi connectivity index (χ1) is 39.0. The van der Waals surface area contributed by atoms with Crippen LogP contribution in [0.4, 0.5) is 45.5 Å². The van der Waals surface area contributed by atoms with Crippen LogP contribution < -0.4 is 51.8 Å². The Hall–Kier alpha value is -8.90. The van der Waals surface area contributed by atoms with Crippen LogP contribution in [0.15, 0.2) is 267 Å². The number of para-hydroxylation sites is 2. The fourth-order valence-corrected chi connectivity index (χ4v) is 21.0. The Labute approximate surface area is 465 Å². The van der Waals surface area contributed by atoms with E-state index in [1.807, 2.05) is 0 Å². The second-order valence-electron chi connectivity index (χ2n) is 23.0. The summed E-state index contributed by atoms with van der Waals surface area (Å²) in [5, 5.41) is 5.72. The maximum Gasteiger partial charge on any atom is 0.251 e. The maximum atomic E-state index is 2.82. The fourth-order valence-electron chi connectivity index (χ4n) is 15.7. The van der Waals surface area contributed by atoms with E-state index in [4.69, 9.17) is 0 Å². The van der Waals surface area contributed by atoms with E-state index in [0.29, 0.717) is 0 Å². The molecule has 0 spiro atoms. The monoisotopic (exact) mass is 1030 g/mol. The molecular formula is C74H58BN3Si. The summed E-state index contributed by atoms with van der Waals surface area (Å²) in [7, 11) is -3.07. The van der Waals surface area contributed by atoms with Crippen molar-refractivity contribution in [2.75, 3.05) is 14.7 Å². The van der Waals surface area contributed by atoms with Crippen molar-refractivity contribution in [3.63, 3.8) is 0 Å². The van der Waals surface area contributed by atoms with Gasteiger partial charge in [-0.15, -0.1) is 0 Å². The molecule has 3 nitrogen and oxygen atoms in total. The lowest BCUT2D eigenvalue weighted by molar-refractivity contribution is 0.195. The molecule has 11 aromatic rings. The molecule has 5 heteroatoms. The van der Waals surface area contributed by atoms with E-state index in [-0.39, 0.29) is 17.7 Å². The maximum absolute atomic E-state index is 3.07. The summed E-state index contributed by atoms with van der Waals surface area (Å²) < 4.78 is 0. The van der Waals surface area contributed by atoms with E-state index in [2.05, 4.69) is 295 Å². The van der Waals surface area contributed by atoms with Crippen molar-refractivity contribution in [1.82, 2.24) is 0 Å². The van der Waals surface area contributed by atoms with Crippen LogP contribution in [0.3, 0.4) is 0 Å². The van der Waals surface area contributed by atoms with Crippen molar-refractivity contribution in [2.24, 2.45) is 0 Å². The van der Waals surface area contributed by atoms with Crippen LogP contribution in [-0.4, -0.2) is 20.3 Å². The van der Waals surface area contributed by atoms with E-state index in [1.165, 1.54) is 134 Å². The standard InChI is InChI=1S/C74H58BN3Si/c1-73-46-22-23-47-74(73,2)78(63-45-44-54(48-60(63)73)51-26-8-3-9-27-51)55-49-66-70-67(50-55)77(62-39-21-19-37-59(62)53-30-12-5-13-31-53)65-41-25-43-69-72(65)75(70)71-64(76(66)61-38-20-18-36-58(61)52-28-10-4-11-29-52)40-24-42-68(71)79(69,56-32-14-6-15-33-56)57-34-16-7-17-35-57/h3-21,24-45,48-50H,22-23,46-47H2,1-2H3. The fraction of sp³-hybridized carbons (Fsp3) is 0.108. The first-order valence-corrected chi connectivity index (χ1v) is 30.4. The van der Waals surface area contributed by atoms with Crippen molar-refractivity contribution >= 4 is 97.4 Å². The van der Waals surface area contributed by atoms with Gasteiger partial charge in [-0.2, -0.15) is 0 Å². The highest BCUT2D eigenvalue weighted by Gasteiger charge is 2.60. The molecule has 0 radical (unpaired) electrons. The van der Waals surface area contributed by atoms with Gasteiger partial charge in [0, 0.05) is 50.7 Å². The zero-order valence-electron chi connectivity index (χ0n) is 44.7. The van der Waals surface area contributed by atoms with Gasteiger partial charge < -0.3 is 14.7 Å². The third kappa shape index (κ3) is 6.42. The number of fused-ring (bicyclic) bond motifs is 3. The third-order valence-electron chi connectivity index (χ3n) is 19.3. The highest BCUT2D eigenvalue weighted by atomic mass is 28.3. The molecular weight excluding hydrogens is 970 g/mol. The Morgan fingerprint density at radius 2 is 0.797 bits per heavy atom. The SMILES string of the molecule is CC12CCCCC1(C)N(c1cc3c4c(c1)N(c1ccccc1-c1ccccc1)c1cccc5c1B4c1c(cccc1[Si]5(c1ccccc1)c1ccccc1)N3c1ccccc1-c1ccccc1)c1ccc(-c3ccccc3)cc12. The summed E-state index contributed by atoms with van der Waals surface area (Å²) in [5.41, 5.74) is 22.6. The molecule has 0 aromatic heterocycles. The van der Waals surface area contributed by atoms with Gasteiger partial charge in [0.2, 0.25) is 0 Å². The summed E-state index contributed by atoms with van der Waals surface area (Å²) in [5.74, 6) is 0. The lowest BCUT2D eigenvalue weighted by Crippen LogP contribution is -2.88. The van der Waals surface area contributed by atoms with Gasteiger partial charge in [-0.3, -0.25) is 0 Å². The van der Waals surface area contributed by atoms with Gasteiger partial charge in [0.15, 0.2) is 8.07 Å². The summed E-state index contributed by atoms with van der Waals surface area (Å²) in [6, 6.07) is 102. The lowest BCUT2D eigenvalue weighted by Gasteiger charge is -2.53. The normalized spacial score (nSPS) is 18.7. The molecule has 5 aliphatic rings. The Balaban J connectivity index is 1.07. The largest absolute Gasteiger partial charge is 0.334 e. The zero-order chi connectivity index (χ0) is 52.5. The van der Waals surface area contributed by atoms with Gasteiger partial charge >= 0.3 is 0 Å². The molecule has 0 amide bonds. The van der Waals surface area contributed by atoms with Crippen LogP contribution in [0, 0.1) is 0 Å². The Morgan fingerprint density at radius 1 is 0.354 bits per heavy atom. The van der Waals surface area contributed by atoms with E-state index in [0.717, 1.165) is 12.8 Å². The second-order valence-corrected chi connectivity index (χ2v) is 26.7. The van der Waals surface area contributed by atoms with Crippen molar-refractivity contribution in [2.45, 2.75) is 50.5 Å². The van der Waals surface area contributed by atoms with E-state index in [1.54, 1.807) is 0 Å². The molecule has 376 valence electrons. The number of nitrogens with zero attached hydrogens (tertiary/aromatic N) is 3. The number of rotatable bonds is 8. The first kappa shape index (κ1) is 46.2. The molecule has 4 aliphatic heterocycles. The lowest BCUT2D eigenvalue weighted by atomic mass is 9.33. The molecule has 0 N–H and O–H groups in total. The van der Waals surface area contributed by atoms with Gasteiger partial charge in [-0.05, 0) is 133 Å². The van der Waals surface area contributed by atoms with E-state index < -0.39 is 8.07 Å². The number of hydrogen-bond acceptors (Lipinski definition) is 3. The second kappa shape index (κ2) is 17.6. The molecule has 4 heterocycles. The molecule has 79 heavy (non-hydrogen) atoms. The van der Waals surface area contributed by atoms with Crippen molar-refractivity contribution in [3.05, 3.63) is 272 Å². The molecule has 0 saturated heterocycles. The van der Waals surface area contributed by atoms with Gasteiger partial charge in [0.05, 0.1) is 16.9 Å². The highest BCUT2D eigenvalue weighted by Crippen LogP contribution is 2.62. The number of hydrogen-bond donors (Lipinski definition) is 0. The van der Waals surface area contributed by atoms with Crippen LogP contribution in [-0.2, 0) is 5.41 Å². The molecule has 2 atom stereocenters.